The molecule has 1 aromatic rings. The average Bonchev–Trinajstić information content (AvgIpc) is 3.28. The van der Waals surface area contributed by atoms with Crippen LogP contribution in [0.1, 0.15) is 44.4 Å². The minimum Gasteiger partial charge on any atom is -0.352 e. The predicted molar refractivity (Wildman–Crippen MR) is 92.4 cm³/mol. The lowest BCUT2D eigenvalue weighted by Gasteiger charge is -2.25. The molecule has 8 nitrogen and oxygen atoms in total. The van der Waals surface area contributed by atoms with Gasteiger partial charge in [0.2, 0.25) is 0 Å². The van der Waals surface area contributed by atoms with E-state index in [0.717, 1.165) is 19.6 Å². The predicted octanol–water partition coefficient (Wildman–Crippen LogP) is 1.65. The standard InChI is InChI=1S/C16H24N3O5P/c1-3-12-13(24-25-19-6-4-5-11(19)9-22-25)7-14(23-12)18-8-10(2)15(20)17-16(18)21/h8,11-14H,3-7,9H2,1-2H3,(H,17,20,21)/t11-,12?,13?,14?,25?/m0/s1. The molecule has 4 heterocycles. The maximum atomic E-state index is 12.1. The highest BCUT2D eigenvalue weighted by Crippen LogP contribution is 2.55. The summed E-state index contributed by atoms with van der Waals surface area (Å²) in [7, 11) is -1.03. The normalized spacial score (nSPS) is 35.4. The smallest absolute Gasteiger partial charge is 0.330 e. The van der Waals surface area contributed by atoms with Gasteiger partial charge in [-0.15, -0.1) is 0 Å². The Hall–Kier alpha value is -1.05. The average molecular weight is 369 g/mol. The number of nitrogens with one attached hydrogen (secondary N) is 1. The summed E-state index contributed by atoms with van der Waals surface area (Å²) in [5.41, 5.74) is -0.315. The van der Waals surface area contributed by atoms with Crippen molar-refractivity contribution in [2.45, 2.75) is 64.0 Å². The number of hydrogen-bond acceptors (Lipinski definition) is 6. The van der Waals surface area contributed by atoms with Crippen LogP contribution in [0.5, 0.6) is 0 Å². The van der Waals surface area contributed by atoms with Crippen LogP contribution in [-0.4, -0.2) is 45.6 Å². The zero-order valence-corrected chi connectivity index (χ0v) is 15.4. The number of aromatic nitrogens is 2. The highest BCUT2D eigenvalue weighted by molar-refractivity contribution is 7.44. The highest BCUT2D eigenvalue weighted by Gasteiger charge is 2.44. The molecule has 5 atom stereocenters. The first-order valence-electron chi connectivity index (χ1n) is 8.90. The van der Waals surface area contributed by atoms with Gasteiger partial charge in [-0.3, -0.25) is 14.3 Å². The zero-order chi connectivity index (χ0) is 17.6. The van der Waals surface area contributed by atoms with E-state index in [2.05, 4.69) is 9.65 Å². The first kappa shape index (κ1) is 17.4. The van der Waals surface area contributed by atoms with Gasteiger partial charge in [0.05, 0.1) is 18.8 Å². The number of aromatic amines is 1. The van der Waals surface area contributed by atoms with E-state index in [4.69, 9.17) is 13.8 Å². The van der Waals surface area contributed by atoms with Crippen LogP contribution in [0, 0.1) is 6.92 Å². The summed E-state index contributed by atoms with van der Waals surface area (Å²) in [6.45, 7) is 5.50. The summed E-state index contributed by atoms with van der Waals surface area (Å²) in [5.74, 6) is 0. The summed E-state index contributed by atoms with van der Waals surface area (Å²) < 4.78 is 22.0. The molecule has 0 amide bonds. The van der Waals surface area contributed by atoms with Gasteiger partial charge in [0, 0.05) is 30.8 Å². The molecule has 1 N–H and O–H groups in total. The van der Waals surface area contributed by atoms with E-state index < -0.39 is 20.4 Å². The number of ether oxygens (including phenoxy) is 1. The molecule has 0 aromatic carbocycles. The topological polar surface area (TPSA) is 85.8 Å². The maximum absolute atomic E-state index is 12.1. The molecule has 1 aromatic heterocycles. The summed E-state index contributed by atoms with van der Waals surface area (Å²) in [4.78, 5) is 26.0. The van der Waals surface area contributed by atoms with E-state index in [-0.39, 0.29) is 17.8 Å². The molecule has 4 rings (SSSR count). The monoisotopic (exact) mass is 369 g/mol. The third-order valence-electron chi connectivity index (χ3n) is 5.20. The van der Waals surface area contributed by atoms with Gasteiger partial charge in [-0.25, -0.2) is 9.46 Å². The Balaban J connectivity index is 1.50. The molecule has 0 aliphatic carbocycles. The number of nitrogens with zero attached hydrogens (tertiary/aromatic N) is 2. The molecule has 4 unspecified atom stereocenters. The van der Waals surface area contributed by atoms with Gasteiger partial charge in [-0.05, 0) is 26.2 Å². The number of hydrogen-bond donors (Lipinski definition) is 1. The van der Waals surface area contributed by atoms with Crippen molar-refractivity contribution in [3.05, 3.63) is 32.6 Å². The molecular weight excluding hydrogens is 345 g/mol. The maximum Gasteiger partial charge on any atom is 0.330 e. The molecule has 3 aliphatic heterocycles. The SMILES string of the molecule is CCC1OC(n2cc(C)c(=O)[nH]c2=O)CC1OP1OC[C@@H]2CCCN21. The Labute approximate surface area is 147 Å². The first-order valence-corrected chi connectivity index (χ1v) is 10.0. The fraction of sp³-hybridized carbons (Fsp3) is 0.750. The quantitative estimate of drug-likeness (QED) is 0.813. The summed E-state index contributed by atoms with van der Waals surface area (Å²) in [6, 6.07) is 0.494. The summed E-state index contributed by atoms with van der Waals surface area (Å²) >= 11 is 0. The van der Waals surface area contributed by atoms with Crippen molar-refractivity contribution in [3.8, 4) is 0 Å². The van der Waals surface area contributed by atoms with Gasteiger partial charge >= 0.3 is 5.69 Å². The molecule has 0 radical (unpaired) electrons. The van der Waals surface area contributed by atoms with Crippen molar-refractivity contribution in [1.82, 2.24) is 14.2 Å². The Kier molecular flexibility index (Phi) is 4.81. The highest BCUT2D eigenvalue weighted by atomic mass is 31.2. The lowest BCUT2D eigenvalue weighted by molar-refractivity contribution is -0.0187. The minimum absolute atomic E-state index is 0.0862. The van der Waals surface area contributed by atoms with Crippen LogP contribution in [0.25, 0.3) is 0 Å². The van der Waals surface area contributed by atoms with Crippen molar-refractivity contribution in [3.63, 3.8) is 0 Å². The van der Waals surface area contributed by atoms with Crippen LogP contribution in [0.4, 0.5) is 0 Å². The second-order valence-corrected chi connectivity index (χ2v) is 8.35. The van der Waals surface area contributed by atoms with Crippen LogP contribution in [0.2, 0.25) is 0 Å². The van der Waals surface area contributed by atoms with Crippen LogP contribution in [0.15, 0.2) is 15.8 Å². The third-order valence-corrected chi connectivity index (χ3v) is 6.96. The Morgan fingerprint density at radius 1 is 1.44 bits per heavy atom. The van der Waals surface area contributed by atoms with E-state index in [1.807, 2.05) is 6.92 Å². The van der Waals surface area contributed by atoms with Crippen molar-refractivity contribution < 1.29 is 13.8 Å². The molecule has 25 heavy (non-hydrogen) atoms. The fourth-order valence-electron chi connectivity index (χ4n) is 3.78. The van der Waals surface area contributed by atoms with Crippen molar-refractivity contribution >= 4 is 8.53 Å². The second kappa shape index (κ2) is 6.93. The number of fused-ring (bicyclic) bond motifs is 1. The lowest BCUT2D eigenvalue weighted by Crippen LogP contribution is -2.33. The summed E-state index contributed by atoms with van der Waals surface area (Å²) in [5, 5.41) is 0. The molecule has 3 saturated heterocycles. The van der Waals surface area contributed by atoms with Gasteiger partial charge < -0.3 is 13.8 Å². The minimum atomic E-state index is -1.03. The van der Waals surface area contributed by atoms with Gasteiger partial charge in [0.15, 0.2) is 0 Å². The Bertz CT molecular complexity index is 750. The molecule has 3 fully saturated rings. The first-order chi connectivity index (χ1) is 12.1. The van der Waals surface area contributed by atoms with E-state index in [1.165, 1.54) is 17.4 Å². The van der Waals surface area contributed by atoms with Crippen molar-refractivity contribution in [2.24, 2.45) is 0 Å². The van der Waals surface area contributed by atoms with Crippen LogP contribution in [-0.2, 0) is 13.8 Å². The van der Waals surface area contributed by atoms with Crippen molar-refractivity contribution in [2.75, 3.05) is 13.2 Å². The Morgan fingerprint density at radius 3 is 3.08 bits per heavy atom. The van der Waals surface area contributed by atoms with Crippen LogP contribution in [0.3, 0.4) is 0 Å². The van der Waals surface area contributed by atoms with E-state index in [0.29, 0.717) is 18.0 Å². The molecule has 3 aliphatic rings. The van der Waals surface area contributed by atoms with Gasteiger partial charge in [0.1, 0.15) is 6.23 Å². The van der Waals surface area contributed by atoms with Crippen molar-refractivity contribution in [1.29, 1.82) is 0 Å². The van der Waals surface area contributed by atoms with Crippen LogP contribution < -0.4 is 11.2 Å². The van der Waals surface area contributed by atoms with Crippen LogP contribution >= 0.6 is 8.53 Å². The number of H-pyrrole nitrogens is 1. The summed E-state index contributed by atoms with van der Waals surface area (Å²) in [6.07, 6.45) is 4.68. The van der Waals surface area contributed by atoms with E-state index in [9.17, 15) is 9.59 Å². The Morgan fingerprint density at radius 2 is 2.28 bits per heavy atom. The van der Waals surface area contributed by atoms with E-state index in [1.54, 1.807) is 13.1 Å². The molecule has 0 spiro atoms. The van der Waals surface area contributed by atoms with Gasteiger partial charge in [-0.1, -0.05) is 6.92 Å². The lowest BCUT2D eigenvalue weighted by atomic mass is 10.1. The second-order valence-electron chi connectivity index (χ2n) is 6.89. The zero-order valence-electron chi connectivity index (χ0n) is 14.5. The molecular formula is C16H24N3O5P. The number of rotatable bonds is 4. The number of aryl methyl sites for hydroxylation is 1. The van der Waals surface area contributed by atoms with E-state index >= 15 is 0 Å². The molecule has 9 heteroatoms. The largest absolute Gasteiger partial charge is 0.352 e. The fourth-order valence-corrected chi connectivity index (χ4v) is 5.62. The molecule has 0 bridgehead atoms. The molecule has 138 valence electrons. The van der Waals surface area contributed by atoms with Gasteiger partial charge in [0.25, 0.3) is 14.1 Å². The molecule has 0 saturated carbocycles. The third kappa shape index (κ3) is 3.22. The van der Waals surface area contributed by atoms with Gasteiger partial charge in [-0.2, -0.15) is 0 Å².